The molecule has 24 heavy (non-hydrogen) atoms. The Bertz CT molecular complexity index is 708. The molecule has 1 amide bonds. The van der Waals surface area contributed by atoms with Crippen LogP contribution in [0, 0.1) is 0 Å². The van der Waals surface area contributed by atoms with Crippen molar-refractivity contribution >= 4 is 5.91 Å². The van der Waals surface area contributed by atoms with Gasteiger partial charge in [-0.1, -0.05) is 12.1 Å². The number of hydrogen-bond donors (Lipinski definition) is 2. The number of hydrogen-bond acceptors (Lipinski definition) is 3. The summed E-state index contributed by atoms with van der Waals surface area (Å²) in [6.45, 7) is 0.721. The van der Waals surface area contributed by atoms with E-state index in [-0.39, 0.29) is 5.69 Å². The quantitative estimate of drug-likeness (QED) is 0.904. The van der Waals surface area contributed by atoms with Crippen LogP contribution in [0.1, 0.15) is 34.5 Å². The number of carbonyl (C=O) groups excluding carboxylic acids is 1. The van der Waals surface area contributed by atoms with E-state index in [1.165, 1.54) is 18.3 Å². The molecule has 0 radical (unpaired) electrons. The summed E-state index contributed by atoms with van der Waals surface area (Å²) in [4.78, 5) is 12.4. The van der Waals surface area contributed by atoms with E-state index in [0.29, 0.717) is 31.6 Å². The van der Waals surface area contributed by atoms with Crippen LogP contribution in [-0.4, -0.2) is 29.3 Å². The van der Waals surface area contributed by atoms with E-state index in [9.17, 15) is 18.0 Å². The second kappa shape index (κ2) is 6.27. The number of benzene rings is 1. The van der Waals surface area contributed by atoms with E-state index in [4.69, 9.17) is 4.74 Å². The summed E-state index contributed by atoms with van der Waals surface area (Å²) in [7, 11) is 0. The molecule has 2 heterocycles. The number of aromatic amines is 1. The van der Waals surface area contributed by atoms with Crippen molar-refractivity contribution < 1.29 is 22.7 Å². The normalized spacial score (nSPS) is 17.5. The fourth-order valence-electron chi connectivity index (χ4n) is 2.87. The minimum atomic E-state index is -4.43. The molecule has 2 aromatic rings. The first-order chi connectivity index (χ1) is 11.4. The van der Waals surface area contributed by atoms with Crippen molar-refractivity contribution in [1.29, 1.82) is 0 Å². The molecule has 1 aliphatic rings. The maximum Gasteiger partial charge on any atom is 0.416 e. The molecule has 128 valence electrons. The lowest BCUT2D eigenvalue weighted by atomic mass is 9.81. The number of nitrogens with one attached hydrogen (secondary N) is 2. The molecule has 0 saturated carbocycles. The number of alkyl halides is 3. The third-order valence-corrected chi connectivity index (χ3v) is 4.19. The predicted molar refractivity (Wildman–Crippen MR) is 79.2 cm³/mol. The maximum absolute atomic E-state index is 13.0. The summed E-state index contributed by atoms with van der Waals surface area (Å²) in [6, 6.07) is 6.59. The predicted octanol–water partition coefficient (Wildman–Crippen LogP) is 2.86. The third kappa shape index (κ3) is 3.28. The van der Waals surface area contributed by atoms with Gasteiger partial charge in [0.1, 0.15) is 5.69 Å². The molecule has 0 atom stereocenters. The van der Waals surface area contributed by atoms with Gasteiger partial charge in [-0.3, -0.25) is 9.89 Å². The molecular formula is C16H16F3N3O2. The van der Waals surface area contributed by atoms with Gasteiger partial charge in [0.15, 0.2) is 0 Å². The van der Waals surface area contributed by atoms with Gasteiger partial charge in [-0.2, -0.15) is 18.3 Å². The average Bonchev–Trinajstić information content (AvgIpc) is 3.10. The highest BCUT2D eigenvalue weighted by Crippen LogP contribution is 2.36. The summed E-state index contributed by atoms with van der Waals surface area (Å²) >= 11 is 0. The van der Waals surface area contributed by atoms with E-state index in [2.05, 4.69) is 15.5 Å². The second-order valence-electron chi connectivity index (χ2n) is 5.70. The van der Waals surface area contributed by atoms with Crippen molar-refractivity contribution in [2.75, 3.05) is 13.2 Å². The molecular weight excluding hydrogens is 323 g/mol. The zero-order valence-electron chi connectivity index (χ0n) is 12.7. The second-order valence-corrected chi connectivity index (χ2v) is 5.70. The molecule has 1 aromatic carbocycles. The zero-order chi connectivity index (χ0) is 17.2. The summed E-state index contributed by atoms with van der Waals surface area (Å²) in [5, 5.41) is 9.15. The highest BCUT2D eigenvalue weighted by atomic mass is 19.4. The van der Waals surface area contributed by atoms with Gasteiger partial charge < -0.3 is 10.1 Å². The molecule has 1 aromatic heterocycles. The Morgan fingerprint density at radius 1 is 1.25 bits per heavy atom. The minimum Gasteiger partial charge on any atom is -0.381 e. The van der Waals surface area contributed by atoms with E-state index >= 15 is 0 Å². The summed E-state index contributed by atoms with van der Waals surface area (Å²) in [6.07, 6.45) is -2.20. The van der Waals surface area contributed by atoms with Crippen LogP contribution in [0.4, 0.5) is 13.2 Å². The fourth-order valence-corrected chi connectivity index (χ4v) is 2.87. The first-order valence-electron chi connectivity index (χ1n) is 7.48. The van der Waals surface area contributed by atoms with Crippen molar-refractivity contribution in [3.63, 3.8) is 0 Å². The Morgan fingerprint density at radius 3 is 2.62 bits per heavy atom. The number of rotatable bonds is 3. The first-order valence-corrected chi connectivity index (χ1v) is 7.48. The minimum absolute atomic E-state index is 0.257. The van der Waals surface area contributed by atoms with Crippen molar-refractivity contribution in [2.24, 2.45) is 0 Å². The molecule has 2 N–H and O–H groups in total. The highest BCUT2D eigenvalue weighted by Gasteiger charge is 2.38. The molecule has 1 fully saturated rings. The molecule has 5 nitrogen and oxygen atoms in total. The third-order valence-electron chi connectivity index (χ3n) is 4.19. The van der Waals surface area contributed by atoms with Crippen LogP contribution in [0.2, 0.25) is 0 Å². The number of nitrogens with zero attached hydrogens (tertiary/aromatic N) is 1. The highest BCUT2D eigenvalue weighted by molar-refractivity contribution is 5.92. The summed E-state index contributed by atoms with van der Waals surface area (Å²) in [5.41, 5.74) is -0.954. The number of amides is 1. The molecule has 0 bridgehead atoms. The van der Waals surface area contributed by atoms with E-state index < -0.39 is 23.2 Å². The van der Waals surface area contributed by atoms with Crippen LogP contribution in [0.25, 0.3) is 0 Å². The summed E-state index contributed by atoms with van der Waals surface area (Å²) < 4.78 is 44.4. The van der Waals surface area contributed by atoms with Crippen LogP contribution in [0.5, 0.6) is 0 Å². The van der Waals surface area contributed by atoms with E-state index in [0.717, 1.165) is 12.1 Å². The molecule has 0 spiro atoms. The van der Waals surface area contributed by atoms with Crippen LogP contribution >= 0.6 is 0 Å². The maximum atomic E-state index is 13.0. The Morgan fingerprint density at radius 2 is 2.00 bits per heavy atom. The number of halogens is 3. The average molecular weight is 339 g/mol. The molecule has 0 aliphatic carbocycles. The number of carbonyl (C=O) groups is 1. The van der Waals surface area contributed by atoms with Gasteiger partial charge in [0.2, 0.25) is 0 Å². The standard InChI is InChI=1S/C16H16F3N3O2/c17-16(18,19)12-3-1-2-11(10-12)15(5-8-24-9-6-15)21-14(23)13-4-7-20-22-13/h1-4,7,10H,5-6,8-9H2,(H,20,22)(H,21,23). The lowest BCUT2D eigenvalue weighted by Gasteiger charge is -2.38. The topological polar surface area (TPSA) is 67.0 Å². The van der Waals surface area contributed by atoms with Gasteiger partial charge in [-0.15, -0.1) is 0 Å². The largest absolute Gasteiger partial charge is 0.416 e. The Labute approximate surface area is 136 Å². The molecule has 8 heteroatoms. The van der Waals surface area contributed by atoms with E-state index in [1.807, 2.05) is 0 Å². The monoisotopic (exact) mass is 339 g/mol. The van der Waals surface area contributed by atoms with Gasteiger partial charge in [0, 0.05) is 19.4 Å². The Balaban J connectivity index is 1.95. The summed E-state index contributed by atoms with van der Waals surface area (Å²) in [5.74, 6) is -0.410. The zero-order valence-corrected chi connectivity index (χ0v) is 12.7. The van der Waals surface area contributed by atoms with Crippen molar-refractivity contribution in [2.45, 2.75) is 24.6 Å². The van der Waals surface area contributed by atoms with Crippen molar-refractivity contribution in [3.8, 4) is 0 Å². The van der Waals surface area contributed by atoms with Gasteiger partial charge in [0.25, 0.3) is 5.91 Å². The number of aromatic nitrogens is 2. The first kappa shape index (κ1) is 16.5. The lowest BCUT2D eigenvalue weighted by molar-refractivity contribution is -0.137. The number of H-pyrrole nitrogens is 1. The molecule has 0 unspecified atom stereocenters. The Hall–Kier alpha value is -2.35. The molecule has 1 saturated heterocycles. The smallest absolute Gasteiger partial charge is 0.381 e. The lowest BCUT2D eigenvalue weighted by Crippen LogP contribution is -2.49. The van der Waals surface area contributed by atoms with Gasteiger partial charge in [-0.05, 0) is 36.6 Å². The van der Waals surface area contributed by atoms with Gasteiger partial charge >= 0.3 is 6.18 Å². The van der Waals surface area contributed by atoms with E-state index in [1.54, 1.807) is 6.07 Å². The van der Waals surface area contributed by atoms with Crippen molar-refractivity contribution in [1.82, 2.24) is 15.5 Å². The molecule has 1 aliphatic heterocycles. The van der Waals surface area contributed by atoms with Crippen LogP contribution in [0.15, 0.2) is 36.5 Å². The van der Waals surface area contributed by atoms with Crippen molar-refractivity contribution in [3.05, 3.63) is 53.3 Å². The molecule has 3 rings (SSSR count). The van der Waals surface area contributed by atoms with Crippen LogP contribution in [0.3, 0.4) is 0 Å². The van der Waals surface area contributed by atoms with Crippen LogP contribution < -0.4 is 5.32 Å². The number of ether oxygens (including phenoxy) is 1. The van der Waals surface area contributed by atoms with Crippen LogP contribution in [-0.2, 0) is 16.5 Å². The van der Waals surface area contributed by atoms with Gasteiger partial charge in [0.05, 0.1) is 11.1 Å². The Kier molecular flexibility index (Phi) is 4.31. The fraction of sp³-hybridized carbons (Fsp3) is 0.375. The SMILES string of the molecule is O=C(NC1(c2cccc(C(F)(F)F)c2)CCOCC1)c1ccn[nH]1. The van der Waals surface area contributed by atoms with Gasteiger partial charge in [-0.25, -0.2) is 0 Å².